The number of ether oxygens (including phenoxy) is 2. The molecular formula is C72H94N4O5. The first-order valence-corrected chi connectivity index (χ1v) is 29.6. The second kappa shape index (κ2) is 28.5. The number of rotatable bonds is 21. The molecule has 0 saturated carbocycles. The number of nitrogens with zero attached hydrogens (tertiary/aromatic N) is 4. The van der Waals surface area contributed by atoms with Crippen LogP contribution >= 0.6 is 0 Å². The fraction of sp³-hybridized carbons (Fsp3) is 0.444. The van der Waals surface area contributed by atoms with E-state index in [-0.39, 0.29) is 23.6 Å². The van der Waals surface area contributed by atoms with Gasteiger partial charge in [0.15, 0.2) is 0 Å². The van der Waals surface area contributed by atoms with Crippen LogP contribution in [-0.2, 0) is 48.5 Å². The molecule has 1 N–H and O–H groups in total. The summed E-state index contributed by atoms with van der Waals surface area (Å²) >= 11 is 0. The molecule has 2 amide bonds. The van der Waals surface area contributed by atoms with Crippen molar-refractivity contribution in [2.24, 2.45) is 5.92 Å². The maximum atomic E-state index is 13.2. The fourth-order valence-electron chi connectivity index (χ4n) is 11.6. The highest BCUT2D eigenvalue weighted by molar-refractivity contribution is 5.71. The van der Waals surface area contributed by atoms with Crippen molar-refractivity contribution in [1.82, 2.24) is 19.6 Å². The number of hydrogen-bond acceptors (Lipinski definition) is 7. The normalized spacial score (nSPS) is 17.3. The Hall–Kier alpha value is -6.52. The van der Waals surface area contributed by atoms with Crippen LogP contribution in [0, 0.1) is 5.92 Å². The minimum Gasteiger partial charge on any atom is -0.444 e. The summed E-state index contributed by atoms with van der Waals surface area (Å²) in [6, 6.07) is 63.7. The maximum Gasteiger partial charge on any atom is 0.411 e. The van der Waals surface area contributed by atoms with Gasteiger partial charge >= 0.3 is 12.2 Å². The highest BCUT2D eigenvalue weighted by Crippen LogP contribution is 2.43. The Morgan fingerprint density at radius 1 is 0.494 bits per heavy atom. The lowest BCUT2D eigenvalue weighted by atomic mass is 9.77. The third kappa shape index (κ3) is 19.9. The van der Waals surface area contributed by atoms with E-state index in [1.165, 1.54) is 44.5 Å². The molecule has 2 unspecified atom stereocenters. The van der Waals surface area contributed by atoms with Gasteiger partial charge < -0.3 is 19.5 Å². The average molecular weight is 1100 g/mol. The van der Waals surface area contributed by atoms with Crippen LogP contribution in [0.5, 0.6) is 0 Å². The molecule has 81 heavy (non-hydrogen) atoms. The molecular weight excluding hydrogens is 1000 g/mol. The van der Waals surface area contributed by atoms with E-state index >= 15 is 0 Å². The Labute approximate surface area is 487 Å². The standard InChI is InChI=1S/C36H48N2O3.C36H46N2O2/c1-34(2,3)41-33(39)38-28-32(25-35(38,4)5)36(40,22-21-29-15-9-6-10-16-29)23-24-37(26-30-17-11-7-12-18-30)27-31-19-13-8-14-20-31;1-35(2,3)40-34(39)38-28-33(25-36(38,4)5)32(22-21-29-15-9-6-10-16-29)23-24-37(26-30-17-11-7-12-18-30)27-31-19-13-8-14-20-31/h6-20,32,40H,21-28H2,1-5H3;6-20H,21-28H2,1-5H3/b;33-32+. The molecule has 432 valence electrons. The van der Waals surface area contributed by atoms with Crippen LogP contribution in [0.4, 0.5) is 9.59 Å². The van der Waals surface area contributed by atoms with Crippen molar-refractivity contribution in [3.05, 3.63) is 227 Å². The van der Waals surface area contributed by atoms with Crippen LogP contribution in [0.2, 0.25) is 0 Å². The fourth-order valence-corrected chi connectivity index (χ4v) is 11.6. The van der Waals surface area contributed by atoms with E-state index < -0.39 is 22.3 Å². The topological polar surface area (TPSA) is 85.8 Å². The van der Waals surface area contributed by atoms with Crippen LogP contribution in [-0.4, -0.2) is 91.0 Å². The van der Waals surface area contributed by atoms with Gasteiger partial charge in [0.05, 0.1) is 5.60 Å². The zero-order chi connectivity index (χ0) is 58.1. The molecule has 0 radical (unpaired) electrons. The number of aryl methyl sites for hydroxylation is 2. The largest absolute Gasteiger partial charge is 0.444 e. The minimum absolute atomic E-state index is 0.0518. The van der Waals surface area contributed by atoms with Gasteiger partial charge in [-0.3, -0.25) is 14.7 Å². The van der Waals surface area contributed by atoms with Crippen molar-refractivity contribution in [3.63, 3.8) is 0 Å². The number of aliphatic hydroxyl groups is 1. The molecule has 2 aliphatic heterocycles. The van der Waals surface area contributed by atoms with Gasteiger partial charge in [0.1, 0.15) is 11.2 Å². The van der Waals surface area contributed by atoms with Gasteiger partial charge in [0.2, 0.25) is 0 Å². The number of carbonyl (C=O) groups excluding carboxylic acids is 2. The molecule has 2 fully saturated rings. The Morgan fingerprint density at radius 2 is 0.864 bits per heavy atom. The monoisotopic (exact) mass is 1090 g/mol. The van der Waals surface area contributed by atoms with Crippen molar-refractivity contribution in [1.29, 1.82) is 0 Å². The molecule has 0 aliphatic carbocycles. The summed E-state index contributed by atoms with van der Waals surface area (Å²) in [4.78, 5) is 35.1. The molecule has 8 rings (SSSR count). The highest BCUT2D eigenvalue weighted by atomic mass is 16.6. The number of benzene rings is 6. The molecule has 2 aliphatic rings. The summed E-state index contributed by atoms with van der Waals surface area (Å²) in [7, 11) is 0. The molecule has 2 saturated heterocycles. The molecule has 9 heteroatoms. The smallest absolute Gasteiger partial charge is 0.411 e. The van der Waals surface area contributed by atoms with Gasteiger partial charge in [-0.25, -0.2) is 9.59 Å². The summed E-state index contributed by atoms with van der Waals surface area (Å²) in [5.74, 6) is -0.0518. The van der Waals surface area contributed by atoms with Crippen LogP contribution in [0.3, 0.4) is 0 Å². The quantitative estimate of drug-likeness (QED) is 0.0719. The van der Waals surface area contributed by atoms with Crippen molar-refractivity contribution >= 4 is 12.2 Å². The van der Waals surface area contributed by atoms with E-state index in [0.29, 0.717) is 25.9 Å². The zero-order valence-corrected chi connectivity index (χ0v) is 50.6. The van der Waals surface area contributed by atoms with E-state index in [2.05, 4.69) is 201 Å². The molecule has 6 aromatic carbocycles. The van der Waals surface area contributed by atoms with E-state index in [1.54, 1.807) is 0 Å². The SMILES string of the molecule is CC(C)(C)OC(=O)N1C/C(=C(\CCc2ccccc2)CCN(Cc2ccccc2)Cc2ccccc2)CC1(C)C.CC(C)(C)OC(=O)N1CC(C(O)(CCc2ccccc2)CCN(Cc2ccccc2)Cc2ccccc2)CC1(C)C. The van der Waals surface area contributed by atoms with Crippen LogP contribution in [0.25, 0.3) is 0 Å². The Morgan fingerprint density at radius 3 is 1.27 bits per heavy atom. The number of amides is 2. The van der Waals surface area contributed by atoms with Gasteiger partial charge in [0, 0.05) is 69.4 Å². The zero-order valence-electron chi connectivity index (χ0n) is 50.6. The second-order valence-electron chi connectivity index (χ2n) is 26.0. The van der Waals surface area contributed by atoms with Gasteiger partial charge in [-0.2, -0.15) is 0 Å². The summed E-state index contributed by atoms with van der Waals surface area (Å²) in [5, 5.41) is 12.5. The van der Waals surface area contributed by atoms with Gasteiger partial charge in [0.25, 0.3) is 0 Å². The van der Waals surface area contributed by atoms with Crippen molar-refractivity contribution in [2.75, 3.05) is 26.2 Å². The summed E-state index contributed by atoms with van der Waals surface area (Å²) in [5.41, 5.74) is 7.94. The molecule has 6 aromatic rings. The first-order chi connectivity index (χ1) is 38.5. The average Bonchev–Trinajstić information content (AvgIpc) is 4.15. The third-order valence-corrected chi connectivity index (χ3v) is 15.9. The van der Waals surface area contributed by atoms with E-state index in [0.717, 1.165) is 77.8 Å². The first-order valence-electron chi connectivity index (χ1n) is 29.6. The Bertz CT molecular complexity index is 2780. The van der Waals surface area contributed by atoms with Crippen molar-refractivity contribution < 1.29 is 24.2 Å². The number of carbonyl (C=O) groups is 2. The molecule has 9 nitrogen and oxygen atoms in total. The van der Waals surface area contributed by atoms with Crippen LogP contribution in [0.1, 0.15) is 141 Å². The highest BCUT2D eigenvalue weighted by Gasteiger charge is 2.50. The summed E-state index contributed by atoms with van der Waals surface area (Å²) in [6.07, 6.45) is 6.15. The predicted octanol–water partition coefficient (Wildman–Crippen LogP) is 15.9. The molecule has 0 aromatic heterocycles. The molecule has 2 heterocycles. The first kappa shape index (κ1) is 62.1. The molecule has 0 bridgehead atoms. The van der Waals surface area contributed by atoms with Gasteiger partial charge in [-0.15, -0.1) is 0 Å². The van der Waals surface area contributed by atoms with E-state index in [1.807, 2.05) is 69.5 Å². The lowest BCUT2D eigenvalue weighted by Crippen LogP contribution is -2.46. The maximum absolute atomic E-state index is 13.2. The summed E-state index contributed by atoms with van der Waals surface area (Å²) < 4.78 is 11.6. The Kier molecular flexibility index (Phi) is 21.8. The number of hydrogen-bond donors (Lipinski definition) is 1. The van der Waals surface area contributed by atoms with Crippen LogP contribution < -0.4 is 0 Å². The summed E-state index contributed by atoms with van der Waals surface area (Å²) in [6.45, 7) is 26.3. The van der Waals surface area contributed by atoms with E-state index in [9.17, 15) is 14.7 Å². The lowest BCUT2D eigenvalue weighted by molar-refractivity contribution is -0.0386. The predicted molar refractivity (Wildman–Crippen MR) is 331 cm³/mol. The van der Waals surface area contributed by atoms with Crippen molar-refractivity contribution in [3.8, 4) is 0 Å². The third-order valence-electron chi connectivity index (χ3n) is 15.9. The van der Waals surface area contributed by atoms with Gasteiger partial charge in [-0.05, 0) is 160 Å². The minimum atomic E-state index is -0.935. The van der Waals surface area contributed by atoms with Crippen molar-refractivity contribution in [2.45, 2.75) is 175 Å². The molecule has 0 spiro atoms. The molecule has 2 atom stereocenters. The number of likely N-dealkylation sites (tertiary alicyclic amines) is 2. The second-order valence-corrected chi connectivity index (χ2v) is 26.0. The van der Waals surface area contributed by atoms with Crippen LogP contribution in [0.15, 0.2) is 193 Å². The van der Waals surface area contributed by atoms with E-state index in [4.69, 9.17) is 9.47 Å². The Balaban J connectivity index is 0.000000234. The lowest BCUT2D eigenvalue weighted by Gasteiger charge is -2.36. The van der Waals surface area contributed by atoms with Gasteiger partial charge in [-0.1, -0.05) is 188 Å².